The van der Waals surface area contributed by atoms with Gasteiger partial charge < -0.3 is 9.84 Å². The average molecular weight is 327 g/mol. The molecule has 4 heteroatoms. The standard InChI is InChI=1S/C20H22FNO2/c21-15-5-7-16(8-6-15)24-17-9-11-22(12-10-17)19-13-14-3-1-2-4-18(14)20(19)23/h1-8,17,19-20,23H,9-13H2. The summed E-state index contributed by atoms with van der Waals surface area (Å²) >= 11 is 0. The minimum atomic E-state index is -0.393. The molecule has 1 heterocycles. The molecular weight excluding hydrogens is 305 g/mol. The van der Waals surface area contributed by atoms with Crippen LogP contribution in [0.4, 0.5) is 4.39 Å². The Labute approximate surface area is 141 Å². The SMILES string of the molecule is OC1c2ccccc2CC1N1CCC(Oc2ccc(F)cc2)CC1. The molecule has 0 aromatic heterocycles. The summed E-state index contributed by atoms with van der Waals surface area (Å²) < 4.78 is 18.9. The molecule has 3 nitrogen and oxygen atoms in total. The normalized spacial score (nSPS) is 24.8. The molecule has 126 valence electrons. The summed E-state index contributed by atoms with van der Waals surface area (Å²) in [4.78, 5) is 2.38. The molecule has 1 aliphatic carbocycles. The highest BCUT2D eigenvalue weighted by atomic mass is 19.1. The van der Waals surface area contributed by atoms with E-state index in [9.17, 15) is 9.50 Å². The van der Waals surface area contributed by atoms with E-state index in [0.717, 1.165) is 43.7 Å². The van der Waals surface area contributed by atoms with Crippen LogP contribution in [-0.2, 0) is 6.42 Å². The minimum absolute atomic E-state index is 0.160. The van der Waals surface area contributed by atoms with Crippen molar-refractivity contribution in [3.63, 3.8) is 0 Å². The monoisotopic (exact) mass is 327 g/mol. The lowest BCUT2D eigenvalue weighted by Gasteiger charge is -2.37. The van der Waals surface area contributed by atoms with E-state index >= 15 is 0 Å². The number of likely N-dealkylation sites (tertiary alicyclic amines) is 1. The molecule has 0 amide bonds. The summed E-state index contributed by atoms with van der Waals surface area (Å²) in [7, 11) is 0. The summed E-state index contributed by atoms with van der Waals surface area (Å²) in [6.07, 6.45) is 2.54. The van der Waals surface area contributed by atoms with Gasteiger partial charge in [0.2, 0.25) is 0 Å². The number of rotatable bonds is 3. The highest BCUT2D eigenvalue weighted by Crippen LogP contribution is 2.35. The van der Waals surface area contributed by atoms with Gasteiger partial charge in [-0.2, -0.15) is 0 Å². The van der Waals surface area contributed by atoms with Crippen LogP contribution >= 0.6 is 0 Å². The molecule has 0 spiro atoms. The summed E-state index contributed by atoms with van der Waals surface area (Å²) in [6.45, 7) is 1.84. The lowest BCUT2D eigenvalue weighted by Crippen LogP contribution is -2.45. The first-order valence-corrected chi connectivity index (χ1v) is 8.63. The van der Waals surface area contributed by atoms with Gasteiger partial charge in [-0.25, -0.2) is 4.39 Å². The summed E-state index contributed by atoms with van der Waals surface area (Å²) in [5.41, 5.74) is 2.34. The van der Waals surface area contributed by atoms with Crippen LogP contribution in [0.2, 0.25) is 0 Å². The van der Waals surface area contributed by atoms with E-state index in [2.05, 4.69) is 11.0 Å². The molecule has 1 fully saturated rings. The van der Waals surface area contributed by atoms with Gasteiger partial charge in [-0.15, -0.1) is 0 Å². The second kappa shape index (κ2) is 6.54. The fourth-order valence-corrected chi connectivity index (χ4v) is 3.91. The van der Waals surface area contributed by atoms with E-state index in [4.69, 9.17) is 4.74 Å². The fraction of sp³-hybridized carbons (Fsp3) is 0.400. The Morgan fingerprint density at radius 1 is 1.00 bits per heavy atom. The molecule has 0 saturated carbocycles. The number of hydrogen-bond donors (Lipinski definition) is 1. The number of aliphatic hydroxyl groups excluding tert-OH is 1. The second-order valence-corrected chi connectivity index (χ2v) is 6.72. The largest absolute Gasteiger partial charge is 0.490 e. The lowest BCUT2D eigenvalue weighted by molar-refractivity contribution is 0.0215. The number of piperidine rings is 1. The molecular formula is C20H22FNO2. The number of benzene rings is 2. The Bertz CT molecular complexity index is 695. The molecule has 2 aromatic carbocycles. The van der Waals surface area contributed by atoms with Crippen LogP contribution in [0.15, 0.2) is 48.5 Å². The Kier molecular flexibility index (Phi) is 4.25. The van der Waals surface area contributed by atoms with Gasteiger partial charge in [0.15, 0.2) is 0 Å². The van der Waals surface area contributed by atoms with Gasteiger partial charge in [0.05, 0.1) is 6.10 Å². The van der Waals surface area contributed by atoms with Gasteiger partial charge in [0, 0.05) is 19.1 Å². The first-order valence-electron chi connectivity index (χ1n) is 8.63. The topological polar surface area (TPSA) is 32.7 Å². The molecule has 2 aliphatic rings. The van der Waals surface area contributed by atoms with Crippen LogP contribution in [0.3, 0.4) is 0 Å². The van der Waals surface area contributed by atoms with Crippen molar-refractivity contribution in [1.29, 1.82) is 0 Å². The van der Waals surface area contributed by atoms with E-state index < -0.39 is 6.10 Å². The van der Waals surface area contributed by atoms with Gasteiger partial charge in [-0.05, 0) is 54.7 Å². The van der Waals surface area contributed by atoms with Crippen LogP contribution in [0, 0.1) is 5.82 Å². The van der Waals surface area contributed by atoms with Crippen LogP contribution in [0.25, 0.3) is 0 Å². The highest BCUT2D eigenvalue weighted by Gasteiger charge is 2.36. The van der Waals surface area contributed by atoms with Crippen LogP contribution in [0.5, 0.6) is 5.75 Å². The molecule has 0 bridgehead atoms. The number of nitrogens with zero attached hydrogens (tertiary/aromatic N) is 1. The maximum absolute atomic E-state index is 13.0. The van der Waals surface area contributed by atoms with E-state index in [-0.39, 0.29) is 18.0 Å². The van der Waals surface area contributed by atoms with Crippen LogP contribution in [0.1, 0.15) is 30.1 Å². The van der Waals surface area contributed by atoms with Gasteiger partial charge in [-0.1, -0.05) is 24.3 Å². The summed E-state index contributed by atoms with van der Waals surface area (Å²) in [6, 6.07) is 14.6. The Hall–Kier alpha value is -1.91. The van der Waals surface area contributed by atoms with Crippen molar-refractivity contribution >= 4 is 0 Å². The predicted molar refractivity (Wildman–Crippen MR) is 90.5 cm³/mol. The fourth-order valence-electron chi connectivity index (χ4n) is 3.91. The molecule has 1 saturated heterocycles. The van der Waals surface area contributed by atoms with Crippen LogP contribution in [-0.4, -0.2) is 35.2 Å². The van der Waals surface area contributed by atoms with Crippen molar-refractivity contribution in [3.05, 3.63) is 65.5 Å². The third-order valence-electron chi connectivity index (χ3n) is 5.23. The van der Waals surface area contributed by atoms with E-state index in [1.165, 1.54) is 17.7 Å². The first-order chi connectivity index (χ1) is 11.7. The zero-order valence-corrected chi connectivity index (χ0v) is 13.6. The number of aliphatic hydroxyl groups is 1. The molecule has 0 radical (unpaired) electrons. The highest BCUT2D eigenvalue weighted by molar-refractivity contribution is 5.36. The molecule has 2 aromatic rings. The number of halogens is 1. The summed E-state index contributed by atoms with van der Waals surface area (Å²) in [5.74, 6) is 0.482. The third kappa shape index (κ3) is 3.04. The maximum atomic E-state index is 13.0. The van der Waals surface area contributed by atoms with Gasteiger partial charge in [-0.3, -0.25) is 4.90 Å². The van der Waals surface area contributed by atoms with Crippen molar-refractivity contribution in [2.45, 2.75) is 37.5 Å². The summed E-state index contributed by atoms with van der Waals surface area (Å²) in [5, 5.41) is 10.6. The van der Waals surface area contributed by atoms with E-state index in [1.54, 1.807) is 12.1 Å². The minimum Gasteiger partial charge on any atom is -0.490 e. The molecule has 2 unspecified atom stereocenters. The van der Waals surface area contributed by atoms with Gasteiger partial charge >= 0.3 is 0 Å². The van der Waals surface area contributed by atoms with Gasteiger partial charge in [0.1, 0.15) is 17.7 Å². The van der Waals surface area contributed by atoms with Crippen molar-refractivity contribution in [2.75, 3.05) is 13.1 Å². The van der Waals surface area contributed by atoms with Gasteiger partial charge in [0.25, 0.3) is 0 Å². The second-order valence-electron chi connectivity index (χ2n) is 6.72. The quantitative estimate of drug-likeness (QED) is 0.939. The van der Waals surface area contributed by atoms with E-state index in [0.29, 0.717) is 0 Å². The Morgan fingerprint density at radius 2 is 1.71 bits per heavy atom. The van der Waals surface area contributed by atoms with Crippen LogP contribution < -0.4 is 4.74 Å². The first kappa shape index (κ1) is 15.6. The maximum Gasteiger partial charge on any atom is 0.123 e. The molecule has 4 rings (SSSR count). The van der Waals surface area contributed by atoms with Crippen molar-refractivity contribution in [3.8, 4) is 5.75 Å². The van der Waals surface area contributed by atoms with Crippen molar-refractivity contribution in [2.24, 2.45) is 0 Å². The Balaban J connectivity index is 1.34. The third-order valence-corrected chi connectivity index (χ3v) is 5.23. The molecule has 2 atom stereocenters. The predicted octanol–water partition coefficient (Wildman–Crippen LogP) is 3.33. The molecule has 1 aliphatic heterocycles. The van der Waals surface area contributed by atoms with Crippen molar-refractivity contribution in [1.82, 2.24) is 4.90 Å². The molecule has 24 heavy (non-hydrogen) atoms. The Morgan fingerprint density at radius 3 is 2.42 bits per heavy atom. The number of fused-ring (bicyclic) bond motifs is 1. The molecule has 1 N–H and O–H groups in total. The number of ether oxygens (including phenoxy) is 1. The number of hydrogen-bond acceptors (Lipinski definition) is 3. The zero-order valence-electron chi connectivity index (χ0n) is 13.6. The lowest BCUT2D eigenvalue weighted by atomic mass is 10.0. The zero-order chi connectivity index (χ0) is 16.5. The van der Waals surface area contributed by atoms with E-state index in [1.807, 2.05) is 18.2 Å². The smallest absolute Gasteiger partial charge is 0.123 e. The van der Waals surface area contributed by atoms with Crippen molar-refractivity contribution < 1.29 is 14.2 Å². The average Bonchev–Trinajstić information content (AvgIpc) is 2.95.